The number of benzene rings is 1. The van der Waals surface area contributed by atoms with Crippen molar-refractivity contribution in [1.29, 1.82) is 0 Å². The van der Waals surface area contributed by atoms with Crippen LogP contribution in [0.15, 0.2) is 30.5 Å². The third-order valence-electron chi connectivity index (χ3n) is 6.73. The molecular weight excluding hydrogens is 458 g/mol. The molecule has 6 rings (SSSR count). The van der Waals surface area contributed by atoms with Gasteiger partial charge in [0, 0.05) is 24.6 Å². The monoisotopic (exact) mass is 487 g/mol. The molecule has 0 bridgehead atoms. The lowest BCUT2D eigenvalue weighted by molar-refractivity contribution is 0.0951. The van der Waals surface area contributed by atoms with Crippen molar-refractivity contribution in [2.45, 2.75) is 58.7 Å². The molecule has 10 nitrogen and oxygen atoms in total. The van der Waals surface area contributed by atoms with E-state index in [4.69, 9.17) is 14.5 Å². The van der Waals surface area contributed by atoms with Crippen molar-refractivity contribution in [2.75, 3.05) is 13.2 Å². The van der Waals surface area contributed by atoms with E-state index in [1.54, 1.807) is 6.20 Å². The van der Waals surface area contributed by atoms with Gasteiger partial charge in [0.15, 0.2) is 23.0 Å². The molecule has 1 amide bonds. The second-order valence-electron chi connectivity index (χ2n) is 9.51. The highest BCUT2D eigenvalue weighted by Crippen LogP contribution is 2.35. The average molecular weight is 488 g/mol. The summed E-state index contributed by atoms with van der Waals surface area (Å²) in [6.45, 7) is 6.33. The third kappa shape index (κ3) is 4.06. The lowest BCUT2D eigenvalue weighted by Crippen LogP contribution is -2.25. The van der Waals surface area contributed by atoms with Crippen LogP contribution in [0.4, 0.5) is 0 Å². The van der Waals surface area contributed by atoms with Crippen LogP contribution in [-0.2, 0) is 19.5 Å². The fraction of sp³-hybridized carbons (Fsp3) is 0.423. The molecule has 0 saturated carbocycles. The molecule has 3 aromatic heterocycles. The van der Waals surface area contributed by atoms with Gasteiger partial charge in [-0.05, 0) is 51.0 Å². The zero-order valence-corrected chi connectivity index (χ0v) is 20.5. The van der Waals surface area contributed by atoms with E-state index in [2.05, 4.69) is 25.2 Å². The minimum atomic E-state index is -0.199. The van der Waals surface area contributed by atoms with Crippen LogP contribution in [0, 0.1) is 0 Å². The minimum absolute atomic E-state index is 0.0906. The number of aromatic nitrogens is 6. The number of hydrogen-bond acceptors (Lipinski definition) is 7. The summed E-state index contributed by atoms with van der Waals surface area (Å²) in [6, 6.07) is 7.64. The molecule has 4 aromatic rings. The topological polar surface area (TPSA) is 109 Å². The van der Waals surface area contributed by atoms with Crippen LogP contribution in [-0.4, -0.2) is 48.6 Å². The molecule has 2 aliphatic heterocycles. The molecule has 1 N–H and O–H groups in total. The highest BCUT2D eigenvalue weighted by Gasteiger charge is 2.21. The average Bonchev–Trinajstić information content (AvgIpc) is 3.42. The van der Waals surface area contributed by atoms with Gasteiger partial charge < -0.3 is 19.4 Å². The first-order chi connectivity index (χ1) is 17.6. The normalized spacial score (nSPS) is 15.1. The number of carbonyl (C=O) groups excluding carboxylic acids is 1. The van der Waals surface area contributed by atoms with Crippen LogP contribution < -0.4 is 14.8 Å². The van der Waals surface area contributed by atoms with E-state index < -0.39 is 0 Å². The Labute approximate surface area is 208 Å². The zero-order valence-electron chi connectivity index (χ0n) is 20.5. The largest absolute Gasteiger partial charge is 0.486 e. The van der Waals surface area contributed by atoms with E-state index in [-0.39, 0.29) is 11.9 Å². The molecule has 10 heteroatoms. The highest BCUT2D eigenvalue weighted by atomic mass is 16.6. The number of fused-ring (bicyclic) bond motifs is 3. The lowest BCUT2D eigenvalue weighted by atomic mass is 10.1. The van der Waals surface area contributed by atoms with Gasteiger partial charge in [0.25, 0.3) is 5.91 Å². The summed E-state index contributed by atoms with van der Waals surface area (Å²) in [5, 5.41) is 17.0. The Kier molecular flexibility index (Phi) is 5.79. The van der Waals surface area contributed by atoms with Crippen molar-refractivity contribution in [3.8, 4) is 22.8 Å². The molecule has 36 heavy (non-hydrogen) atoms. The highest BCUT2D eigenvalue weighted by molar-refractivity contribution is 6.06. The van der Waals surface area contributed by atoms with E-state index >= 15 is 0 Å². The molecule has 0 atom stereocenters. The number of hydrogen-bond donors (Lipinski definition) is 1. The van der Waals surface area contributed by atoms with Crippen molar-refractivity contribution < 1.29 is 14.3 Å². The van der Waals surface area contributed by atoms with Gasteiger partial charge in [-0.25, -0.2) is 9.67 Å². The van der Waals surface area contributed by atoms with Crippen LogP contribution >= 0.6 is 0 Å². The standard InChI is InChI=1S/C26H29N7O3/c1-16(2)33-25-19(14-28-33)18(13-20(29-25)17-7-8-21-22(12-17)36-11-10-35-21)26(34)27-15-24-31-30-23-6-4-3-5-9-32(23)24/h7-8,12-14,16H,3-6,9-11,15H2,1-2H3,(H,27,34). The van der Waals surface area contributed by atoms with Crippen LogP contribution in [0.2, 0.25) is 0 Å². The molecule has 1 aromatic carbocycles. The van der Waals surface area contributed by atoms with Gasteiger partial charge >= 0.3 is 0 Å². The number of aryl methyl sites for hydroxylation is 1. The minimum Gasteiger partial charge on any atom is -0.486 e. The van der Waals surface area contributed by atoms with Crippen molar-refractivity contribution in [3.05, 3.63) is 47.7 Å². The molecule has 0 radical (unpaired) electrons. The number of rotatable bonds is 5. The Bertz CT molecular complexity index is 1440. The Morgan fingerprint density at radius 1 is 1.08 bits per heavy atom. The van der Waals surface area contributed by atoms with E-state index in [1.807, 2.05) is 42.8 Å². The van der Waals surface area contributed by atoms with Crippen LogP contribution in [0.3, 0.4) is 0 Å². The Hall–Kier alpha value is -3.95. The molecule has 0 saturated heterocycles. The summed E-state index contributed by atoms with van der Waals surface area (Å²) in [5.41, 5.74) is 2.70. The van der Waals surface area contributed by atoms with Crippen LogP contribution in [0.1, 0.15) is 61.2 Å². The number of ether oxygens (including phenoxy) is 2. The number of pyridine rings is 1. The van der Waals surface area contributed by atoms with Crippen molar-refractivity contribution in [1.82, 2.24) is 34.8 Å². The van der Waals surface area contributed by atoms with Gasteiger partial charge in [0.05, 0.1) is 29.4 Å². The molecule has 0 unspecified atom stereocenters. The van der Waals surface area contributed by atoms with Gasteiger partial charge in [-0.1, -0.05) is 6.42 Å². The molecule has 2 aliphatic rings. The van der Waals surface area contributed by atoms with E-state index in [0.717, 1.165) is 43.0 Å². The molecular formula is C26H29N7O3. The predicted molar refractivity (Wildman–Crippen MR) is 133 cm³/mol. The SMILES string of the molecule is CC(C)n1ncc2c(C(=O)NCc3nnc4n3CCCCC4)cc(-c3ccc4c(c3)OCCO4)nc21. The first-order valence-corrected chi connectivity index (χ1v) is 12.6. The van der Waals surface area contributed by atoms with E-state index in [9.17, 15) is 4.79 Å². The summed E-state index contributed by atoms with van der Waals surface area (Å²) in [4.78, 5) is 18.4. The zero-order chi connectivity index (χ0) is 24.6. The Morgan fingerprint density at radius 3 is 2.81 bits per heavy atom. The molecule has 0 fully saturated rings. The number of amides is 1. The molecule has 0 aliphatic carbocycles. The number of nitrogens with zero attached hydrogens (tertiary/aromatic N) is 6. The van der Waals surface area contributed by atoms with E-state index in [1.165, 1.54) is 6.42 Å². The van der Waals surface area contributed by atoms with Gasteiger partial charge in [0.1, 0.15) is 19.0 Å². The van der Waals surface area contributed by atoms with Gasteiger partial charge in [-0.3, -0.25) is 4.79 Å². The maximum atomic E-state index is 13.5. The number of carbonyl (C=O) groups is 1. The third-order valence-corrected chi connectivity index (χ3v) is 6.73. The Balaban J connectivity index is 1.35. The second kappa shape index (κ2) is 9.25. The quantitative estimate of drug-likeness (QED) is 0.457. The summed E-state index contributed by atoms with van der Waals surface area (Å²) in [6.07, 6.45) is 6.06. The first-order valence-electron chi connectivity index (χ1n) is 12.6. The maximum absolute atomic E-state index is 13.5. The fourth-order valence-corrected chi connectivity index (χ4v) is 4.86. The van der Waals surface area contributed by atoms with Gasteiger partial charge in [-0.15, -0.1) is 10.2 Å². The lowest BCUT2D eigenvalue weighted by Gasteiger charge is -2.19. The smallest absolute Gasteiger partial charge is 0.252 e. The van der Waals surface area contributed by atoms with Crippen LogP contribution in [0.25, 0.3) is 22.3 Å². The van der Waals surface area contributed by atoms with Crippen molar-refractivity contribution in [3.63, 3.8) is 0 Å². The molecule has 5 heterocycles. The summed E-state index contributed by atoms with van der Waals surface area (Å²) in [7, 11) is 0. The summed E-state index contributed by atoms with van der Waals surface area (Å²) in [5.74, 6) is 2.98. The van der Waals surface area contributed by atoms with Crippen molar-refractivity contribution in [2.24, 2.45) is 0 Å². The first kappa shape index (κ1) is 22.5. The van der Waals surface area contributed by atoms with Gasteiger partial charge in [-0.2, -0.15) is 5.10 Å². The van der Waals surface area contributed by atoms with E-state index in [0.29, 0.717) is 53.5 Å². The summed E-state index contributed by atoms with van der Waals surface area (Å²) < 4.78 is 15.4. The molecule has 0 spiro atoms. The summed E-state index contributed by atoms with van der Waals surface area (Å²) >= 11 is 0. The van der Waals surface area contributed by atoms with Crippen molar-refractivity contribution >= 4 is 16.9 Å². The van der Waals surface area contributed by atoms with Gasteiger partial charge in [0.2, 0.25) is 0 Å². The maximum Gasteiger partial charge on any atom is 0.252 e. The molecule has 186 valence electrons. The fourth-order valence-electron chi connectivity index (χ4n) is 4.86. The van der Waals surface area contributed by atoms with Crippen LogP contribution in [0.5, 0.6) is 11.5 Å². The predicted octanol–water partition coefficient (Wildman–Crippen LogP) is 3.70. The Morgan fingerprint density at radius 2 is 1.94 bits per heavy atom. The second-order valence-corrected chi connectivity index (χ2v) is 9.51. The number of nitrogens with one attached hydrogen (secondary N) is 1.